The normalized spacial score (nSPS) is 21.6. The molecule has 2 rings (SSSR count). The van der Waals surface area contributed by atoms with Crippen molar-refractivity contribution in [1.82, 2.24) is 15.1 Å². The number of hydrogen-bond donors (Lipinski definition) is 2. The SMILES string of the molecule is CCCNC(=O)N1C[C@H](C)[C@@H](OC)CN(C)C(=O)c2cc(NC(=O)CCC)ccc2OC[C@H]1C. The van der Waals surface area contributed by atoms with Gasteiger partial charge in [0.25, 0.3) is 5.91 Å². The van der Waals surface area contributed by atoms with Gasteiger partial charge in [-0.25, -0.2) is 4.79 Å². The number of ether oxygens (including phenoxy) is 2. The summed E-state index contributed by atoms with van der Waals surface area (Å²) in [6.07, 6.45) is 1.72. The van der Waals surface area contributed by atoms with E-state index in [0.29, 0.717) is 43.1 Å². The van der Waals surface area contributed by atoms with Crippen molar-refractivity contribution in [2.24, 2.45) is 5.92 Å². The van der Waals surface area contributed by atoms with Gasteiger partial charge in [0.2, 0.25) is 5.91 Å². The molecule has 1 aromatic rings. The predicted molar refractivity (Wildman–Crippen MR) is 132 cm³/mol. The number of carbonyl (C=O) groups is 3. The molecule has 3 atom stereocenters. The molecule has 0 fully saturated rings. The molecule has 0 spiro atoms. The van der Waals surface area contributed by atoms with Gasteiger partial charge in [0.15, 0.2) is 0 Å². The number of amides is 4. The summed E-state index contributed by atoms with van der Waals surface area (Å²) < 4.78 is 11.8. The maximum atomic E-state index is 13.4. The van der Waals surface area contributed by atoms with Crippen LogP contribution in [0.2, 0.25) is 0 Å². The summed E-state index contributed by atoms with van der Waals surface area (Å²) in [6, 6.07) is 4.69. The molecule has 0 aliphatic carbocycles. The van der Waals surface area contributed by atoms with Crippen molar-refractivity contribution in [2.75, 3.05) is 45.7 Å². The monoisotopic (exact) mass is 476 g/mol. The third kappa shape index (κ3) is 7.35. The average Bonchev–Trinajstić information content (AvgIpc) is 2.81. The van der Waals surface area contributed by atoms with Crippen molar-refractivity contribution in [2.45, 2.75) is 59.1 Å². The summed E-state index contributed by atoms with van der Waals surface area (Å²) in [6.45, 7) is 9.52. The van der Waals surface area contributed by atoms with E-state index in [4.69, 9.17) is 9.47 Å². The number of hydrogen-bond acceptors (Lipinski definition) is 5. The van der Waals surface area contributed by atoms with Crippen LogP contribution in [0.1, 0.15) is 57.3 Å². The number of nitrogens with one attached hydrogen (secondary N) is 2. The number of anilines is 1. The van der Waals surface area contributed by atoms with Crippen LogP contribution in [0.15, 0.2) is 18.2 Å². The lowest BCUT2D eigenvalue weighted by Crippen LogP contribution is -2.51. The summed E-state index contributed by atoms with van der Waals surface area (Å²) in [7, 11) is 3.34. The Kier molecular flexibility index (Phi) is 10.6. The average molecular weight is 477 g/mol. The Morgan fingerprint density at radius 3 is 2.56 bits per heavy atom. The lowest BCUT2D eigenvalue weighted by molar-refractivity contribution is -0.116. The fraction of sp³-hybridized carbons (Fsp3) is 0.640. The van der Waals surface area contributed by atoms with Gasteiger partial charge < -0.3 is 29.9 Å². The second kappa shape index (κ2) is 13.2. The summed E-state index contributed by atoms with van der Waals surface area (Å²) in [4.78, 5) is 41.7. The molecule has 190 valence electrons. The molecule has 1 aliphatic heterocycles. The van der Waals surface area contributed by atoms with Crippen LogP contribution in [0, 0.1) is 5.92 Å². The third-order valence-electron chi connectivity index (χ3n) is 5.99. The van der Waals surface area contributed by atoms with Gasteiger partial charge in [-0.05, 0) is 38.0 Å². The van der Waals surface area contributed by atoms with Crippen LogP contribution < -0.4 is 15.4 Å². The van der Waals surface area contributed by atoms with E-state index in [2.05, 4.69) is 10.6 Å². The highest BCUT2D eigenvalue weighted by molar-refractivity contribution is 5.99. The number of nitrogens with zero attached hydrogens (tertiary/aromatic N) is 2. The first kappa shape index (κ1) is 27.4. The quantitative estimate of drug-likeness (QED) is 0.656. The molecule has 0 saturated heterocycles. The van der Waals surface area contributed by atoms with Crippen LogP contribution in [0.3, 0.4) is 0 Å². The molecular formula is C25H40N4O5. The van der Waals surface area contributed by atoms with Gasteiger partial charge in [-0.3, -0.25) is 9.59 Å². The van der Waals surface area contributed by atoms with E-state index in [1.807, 2.05) is 27.7 Å². The maximum Gasteiger partial charge on any atom is 0.317 e. The van der Waals surface area contributed by atoms with E-state index >= 15 is 0 Å². The first-order chi connectivity index (χ1) is 16.2. The molecule has 2 N–H and O–H groups in total. The van der Waals surface area contributed by atoms with Gasteiger partial charge in [0.05, 0.1) is 17.7 Å². The van der Waals surface area contributed by atoms with E-state index in [0.717, 1.165) is 12.8 Å². The second-order valence-electron chi connectivity index (χ2n) is 8.99. The van der Waals surface area contributed by atoms with Gasteiger partial charge >= 0.3 is 6.03 Å². The molecule has 0 aromatic heterocycles. The molecule has 1 heterocycles. The van der Waals surface area contributed by atoms with Crippen molar-refractivity contribution >= 4 is 23.5 Å². The molecule has 0 radical (unpaired) electrons. The zero-order valence-electron chi connectivity index (χ0n) is 21.3. The lowest BCUT2D eigenvalue weighted by Gasteiger charge is -2.36. The summed E-state index contributed by atoms with van der Waals surface area (Å²) in [5.74, 6) is 0.0666. The lowest BCUT2D eigenvalue weighted by atomic mass is 10.0. The van der Waals surface area contributed by atoms with Crippen molar-refractivity contribution < 1.29 is 23.9 Å². The Morgan fingerprint density at radius 2 is 1.91 bits per heavy atom. The molecule has 0 saturated carbocycles. The molecule has 9 heteroatoms. The van der Waals surface area contributed by atoms with Crippen LogP contribution in [0.5, 0.6) is 5.75 Å². The van der Waals surface area contributed by atoms with Crippen molar-refractivity contribution in [3.63, 3.8) is 0 Å². The zero-order chi connectivity index (χ0) is 25.3. The Morgan fingerprint density at radius 1 is 1.18 bits per heavy atom. The molecule has 9 nitrogen and oxygen atoms in total. The largest absolute Gasteiger partial charge is 0.491 e. The highest BCUT2D eigenvalue weighted by Crippen LogP contribution is 2.26. The third-order valence-corrected chi connectivity index (χ3v) is 5.99. The molecule has 1 aromatic carbocycles. The molecular weight excluding hydrogens is 436 g/mol. The van der Waals surface area contributed by atoms with Crippen LogP contribution in [-0.2, 0) is 9.53 Å². The zero-order valence-corrected chi connectivity index (χ0v) is 21.3. The Balaban J connectivity index is 2.40. The number of likely N-dealkylation sites (N-methyl/N-ethyl adjacent to an activating group) is 1. The number of benzene rings is 1. The smallest absolute Gasteiger partial charge is 0.317 e. The minimum atomic E-state index is -0.265. The summed E-state index contributed by atoms with van der Waals surface area (Å²) in [5, 5.41) is 5.80. The standard InChI is InChI=1S/C25H40N4O5/c1-7-9-23(30)27-19-10-11-21-20(13-19)24(31)28(5)15-22(33-6)17(3)14-29(18(4)16-34-21)25(32)26-12-8-2/h10-11,13,17-18,22H,7-9,12,14-16H2,1-6H3,(H,26,32)(H,27,30)/t17-,18+,22-/m0/s1. The predicted octanol–water partition coefficient (Wildman–Crippen LogP) is 3.35. The van der Waals surface area contributed by atoms with Crippen LogP contribution in [0.25, 0.3) is 0 Å². The fourth-order valence-electron chi connectivity index (χ4n) is 3.92. The Bertz CT molecular complexity index is 847. The van der Waals surface area contributed by atoms with Gasteiger partial charge in [-0.15, -0.1) is 0 Å². The van der Waals surface area contributed by atoms with E-state index in [1.54, 1.807) is 42.2 Å². The van der Waals surface area contributed by atoms with Gasteiger partial charge in [-0.2, -0.15) is 0 Å². The number of urea groups is 1. The number of methoxy groups -OCH3 is 1. The summed E-state index contributed by atoms with van der Waals surface area (Å²) in [5.41, 5.74) is 0.897. The first-order valence-corrected chi connectivity index (χ1v) is 12.1. The number of carbonyl (C=O) groups excluding carboxylic acids is 3. The van der Waals surface area contributed by atoms with Gasteiger partial charge in [0.1, 0.15) is 12.4 Å². The first-order valence-electron chi connectivity index (χ1n) is 12.1. The van der Waals surface area contributed by atoms with Crippen LogP contribution >= 0.6 is 0 Å². The molecule has 4 amide bonds. The van der Waals surface area contributed by atoms with E-state index in [9.17, 15) is 14.4 Å². The highest BCUT2D eigenvalue weighted by atomic mass is 16.5. The van der Waals surface area contributed by atoms with E-state index in [-0.39, 0.29) is 42.5 Å². The molecule has 0 unspecified atom stereocenters. The van der Waals surface area contributed by atoms with Crippen molar-refractivity contribution in [3.05, 3.63) is 23.8 Å². The van der Waals surface area contributed by atoms with E-state index in [1.165, 1.54) is 0 Å². The maximum absolute atomic E-state index is 13.4. The summed E-state index contributed by atoms with van der Waals surface area (Å²) >= 11 is 0. The second-order valence-corrected chi connectivity index (χ2v) is 8.99. The number of rotatable bonds is 6. The van der Waals surface area contributed by atoms with Crippen molar-refractivity contribution in [1.29, 1.82) is 0 Å². The van der Waals surface area contributed by atoms with Gasteiger partial charge in [-0.1, -0.05) is 20.8 Å². The Hall–Kier alpha value is -2.81. The van der Waals surface area contributed by atoms with E-state index < -0.39 is 0 Å². The fourth-order valence-corrected chi connectivity index (χ4v) is 3.92. The Labute approximate surface area is 203 Å². The molecule has 1 aliphatic rings. The molecule has 0 bridgehead atoms. The van der Waals surface area contributed by atoms with Crippen molar-refractivity contribution in [3.8, 4) is 5.75 Å². The van der Waals surface area contributed by atoms with Crippen LogP contribution in [-0.4, -0.2) is 80.2 Å². The molecule has 34 heavy (non-hydrogen) atoms. The minimum absolute atomic E-state index is 0.0198. The minimum Gasteiger partial charge on any atom is -0.491 e. The highest BCUT2D eigenvalue weighted by Gasteiger charge is 2.30. The van der Waals surface area contributed by atoms with Gasteiger partial charge in [0, 0.05) is 51.8 Å². The van der Waals surface area contributed by atoms with Crippen LogP contribution in [0.4, 0.5) is 10.5 Å². The topological polar surface area (TPSA) is 100 Å². The number of fused-ring (bicyclic) bond motifs is 1.